The van der Waals surface area contributed by atoms with Crippen LogP contribution >= 0.6 is 23.2 Å². The van der Waals surface area contributed by atoms with Crippen LogP contribution in [-0.4, -0.2) is 10.5 Å². The van der Waals surface area contributed by atoms with E-state index in [9.17, 15) is 9.59 Å². The van der Waals surface area contributed by atoms with Gasteiger partial charge in [0.15, 0.2) is 0 Å². The van der Waals surface area contributed by atoms with Crippen molar-refractivity contribution >= 4 is 33.7 Å². The zero-order chi connectivity index (χ0) is 29.8. The molecule has 0 unspecified atom stereocenters. The molecule has 40 heavy (non-hydrogen) atoms. The molecule has 0 saturated carbocycles. The van der Waals surface area contributed by atoms with Crippen molar-refractivity contribution in [1.82, 2.24) is 0 Å². The van der Waals surface area contributed by atoms with Crippen LogP contribution in [0.3, 0.4) is 0 Å². The summed E-state index contributed by atoms with van der Waals surface area (Å²) >= 11 is 10.6. The van der Waals surface area contributed by atoms with Gasteiger partial charge >= 0.3 is 0 Å². The number of allylic oxidation sites excluding steroid dienone is 4. The van der Waals surface area contributed by atoms with Gasteiger partial charge in [0.25, 0.3) is 0 Å². The van der Waals surface area contributed by atoms with Crippen LogP contribution in [0.4, 0.5) is 0 Å². The van der Waals surface area contributed by atoms with Crippen LogP contribution in [0, 0.1) is 0 Å². The minimum absolute atomic E-state index is 0.192. The normalized spacial score (nSPS) is 11.3. The van der Waals surface area contributed by atoms with Gasteiger partial charge in [-0.3, -0.25) is 9.59 Å². The molecule has 0 saturated heterocycles. The van der Waals surface area contributed by atoms with Crippen molar-refractivity contribution in [1.29, 1.82) is 0 Å². The minimum Gasteiger partial charge on any atom is -0.281 e. The number of hydrogen-bond acceptors (Lipinski definition) is 2. The Hall–Kier alpha value is -0.600. The monoisotopic (exact) mass is 600 g/mol. The maximum absolute atomic E-state index is 10.5. The van der Waals surface area contributed by atoms with Crippen LogP contribution in [0.5, 0.6) is 0 Å². The van der Waals surface area contributed by atoms with Gasteiger partial charge in [-0.05, 0) is 87.4 Å². The fraction of sp³-hybridized carbons (Fsp3) is 0.833. The second kappa shape index (κ2) is 38.4. The Morgan fingerprint density at radius 2 is 0.600 bits per heavy atom. The molecule has 0 aromatic heterocycles. The SMILES string of the molecule is CCCCCCCC/C=C\CCCCCCCC(=O)Cl.CCCCCCCC/C=C\CCCCCCCC(=O)Cl. The molecule has 0 fully saturated rings. The first-order valence-corrected chi connectivity index (χ1v) is 18.0. The van der Waals surface area contributed by atoms with Gasteiger partial charge in [-0.25, -0.2) is 0 Å². The fourth-order valence-electron chi connectivity index (χ4n) is 4.67. The lowest BCUT2D eigenvalue weighted by Crippen LogP contribution is -1.86. The minimum atomic E-state index is -0.192. The summed E-state index contributed by atoms with van der Waals surface area (Å²) in [5.41, 5.74) is 0. The molecule has 0 bridgehead atoms. The molecule has 0 rings (SSSR count). The standard InChI is InChI=1S/2C18H33ClO/c2*1-2-3-4-5-6-7-8-9-10-11-12-13-14-15-16-17-18(19)20/h2*9-10H,2-8,11-17H2,1H3/b2*10-9-. The third kappa shape index (κ3) is 44.4. The molecule has 0 heterocycles. The van der Waals surface area contributed by atoms with Crippen LogP contribution < -0.4 is 0 Å². The van der Waals surface area contributed by atoms with Gasteiger partial charge in [0.1, 0.15) is 0 Å². The molecule has 0 N–H and O–H groups in total. The summed E-state index contributed by atoms with van der Waals surface area (Å²) in [5.74, 6) is 0. The summed E-state index contributed by atoms with van der Waals surface area (Å²) in [6.07, 6.45) is 43.8. The number of unbranched alkanes of at least 4 members (excludes halogenated alkanes) is 22. The number of halogens is 2. The summed E-state index contributed by atoms with van der Waals surface area (Å²) < 4.78 is 0. The van der Waals surface area contributed by atoms with Crippen LogP contribution in [0.1, 0.15) is 194 Å². The van der Waals surface area contributed by atoms with Gasteiger partial charge in [0.05, 0.1) is 0 Å². The van der Waals surface area contributed by atoms with E-state index in [0.29, 0.717) is 12.8 Å². The summed E-state index contributed by atoms with van der Waals surface area (Å²) in [7, 11) is 0. The van der Waals surface area contributed by atoms with Gasteiger partial charge in [0.2, 0.25) is 10.5 Å². The number of hydrogen-bond donors (Lipinski definition) is 0. The molecule has 0 aliphatic rings. The quantitative estimate of drug-likeness (QED) is 0.0466. The molecular weight excluding hydrogens is 535 g/mol. The number of carbonyl (C=O) groups excluding carboxylic acids is 2. The van der Waals surface area contributed by atoms with Gasteiger partial charge in [-0.1, -0.05) is 141 Å². The maximum Gasteiger partial charge on any atom is 0.221 e. The molecule has 0 spiro atoms. The number of rotatable bonds is 30. The Bertz CT molecular complexity index is 521. The lowest BCUT2D eigenvalue weighted by atomic mass is 10.1. The van der Waals surface area contributed by atoms with E-state index in [1.807, 2.05) is 0 Å². The van der Waals surface area contributed by atoms with Crippen LogP contribution in [0.15, 0.2) is 24.3 Å². The highest BCUT2D eigenvalue weighted by molar-refractivity contribution is 6.63. The molecule has 236 valence electrons. The third-order valence-corrected chi connectivity index (χ3v) is 7.65. The largest absolute Gasteiger partial charge is 0.281 e. The van der Waals surface area contributed by atoms with Crippen LogP contribution in [-0.2, 0) is 9.59 Å². The van der Waals surface area contributed by atoms with Crippen molar-refractivity contribution in [3.63, 3.8) is 0 Å². The predicted octanol–water partition coefficient (Wildman–Crippen LogP) is 13.6. The fourth-order valence-corrected chi connectivity index (χ4v) is 4.94. The van der Waals surface area contributed by atoms with Crippen molar-refractivity contribution in [2.24, 2.45) is 0 Å². The Morgan fingerprint density at radius 1 is 0.375 bits per heavy atom. The van der Waals surface area contributed by atoms with Gasteiger partial charge in [0, 0.05) is 12.8 Å². The number of carbonyl (C=O) groups is 2. The highest BCUT2D eigenvalue weighted by Gasteiger charge is 1.96. The average molecular weight is 602 g/mol. The smallest absolute Gasteiger partial charge is 0.221 e. The Labute approximate surface area is 260 Å². The molecule has 4 heteroatoms. The van der Waals surface area contributed by atoms with Gasteiger partial charge in [-0.2, -0.15) is 0 Å². The lowest BCUT2D eigenvalue weighted by Gasteiger charge is -1.99. The molecule has 0 aromatic carbocycles. The van der Waals surface area contributed by atoms with E-state index < -0.39 is 0 Å². The highest BCUT2D eigenvalue weighted by atomic mass is 35.5. The Kier molecular flexibility index (Phi) is 39.9. The second-order valence-electron chi connectivity index (χ2n) is 11.4. The average Bonchev–Trinajstić information content (AvgIpc) is 2.93. The molecule has 0 aliphatic heterocycles. The lowest BCUT2D eigenvalue weighted by molar-refractivity contribution is -0.112. The highest BCUT2D eigenvalue weighted by Crippen LogP contribution is 2.12. The first-order chi connectivity index (χ1) is 19.5. The molecular formula is C36H66Cl2O2. The van der Waals surface area contributed by atoms with Gasteiger partial charge < -0.3 is 0 Å². The third-order valence-electron chi connectivity index (χ3n) is 7.27. The van der Waals surface area contributed by atoms with E-state index in [1.165, 1.54) is 141 Å². The first kappa shape index (κ1) is 41.5. The van der Waals surface area contributed by atoms with Crippen molar-refractivity contribution in [3.05, 3.63) is 24.3 Å². The second-order valence-corrected chi connectivity index (χ2v) is 12.2. The summed E-state index contributed by atoms with van der Waals surface area (Å²) in [6.45, 7) is 4.53. The molecule has 0 atom stereocenters. The molecule has 0 aliphatic carbocycles. The van der Waals surface area contributed by atoms with E-state index in [0.717, 1.165) is 25.7 Å². The summed E-state index contributed by atoms with van der Waals surface area (Å²) in [5, 5.41) is -0.384. The molecule has 0 aromatic rings. The van der Waals surface area contributed by atoms with E-state index >= 15 is 0 Å². The van der Waals surface area contributed by atoms with E-state index in [-0.39, 0.29) is 10.5 Å². The molecule has 0 amide bonds. The predicted molar refractivity (Wildman–Crippen MR) is 181 cm³/mol. The molecule has 2 nitrogen and oxygen atoms in total. The van der Waals surface area contributed by atoms with Gasteiger partial charge in [-0.15, -0.1) is 0 Å². The summed E-state index contributed by atoms with van der Waals surface area (Å²) in [6, 6.07) is 0. The van der Waals surface area contributed by atoms with Crippen LogP contribution in [0.2, 0.25) is 0 Å². The van der Waals surface area contributed by atoms with E-state index in [4.69, 9.17) is 23.2 Å². The maximum atomic E-state index is 10.5. The van der Waals surface area contributed by atoms with Crippen molar-refractivity contribution in [2.45, 2.75) is 194 Å². The summed E-state index contributed by atoms with van der Waals surface area (Å²) in [4.78, 5) is 21.1. The zero-order valence-corrected chi connectivity index (χ0v) is 28.2. The zero-order valence-electron chi connectivity index (χ0n) is 26.7. The van der Waals surface area contributed by atoms with E-state index in [1.54, 1.807) is 0 Å². The van der Waals surface area contributed by atoms with Crippen LogP contribution in [0.25, 0.3) is 0 Å². The molecule has 0 radical (unpaired) electrons. The van der Waals surface area contributed by atoms with Crippen molar-refractivity contribution in [2.75, 3.05) is 0 Å². The van der Waals surface area contributed by atoms with E-state index in [2.05, 4.69) is 38.2 Å². The Morgan fingerprint density at radius 3 is 0.850 bits per heavy atom. The Balaban J connectivity index is 0. The topological polar surface area (TPSA) is 34.1 Å². The van der Waals surface area contributed by atoms with Crippen molar-refractivity contribution < 1.29 is 9.59 Å². The first-order valence-electron chi connectivity index (χ1n) is 17.2. The van der Waals surface area contributed by atoms with Crippen molar-refractivity contribution in [3.8, 4) is 0 Å².